The molecule has 3 aromatic rings. The van der Waals surface area contributed by atoms with Crippen LogP contribution in [0.4, 0.5) is 0 Å². The quantitative estimate of drug-likeness (QED) is 0.643. The number of phenols is 1. The molecule has 0 spiro atoms. The molecule has 3 nitrogen and oxygen atoms in total. The fourth-order valence-electron chi connectivity index (χ4n) is 2.10. The Hall–Kier alpha value is -2.78. The summed E-state index contributed by atoms with van der Waals surface area (Å²) in [5.74, 6) is 1.08. The molecule has 0 bridgehead atoms. The molecule has 0 aliphatic carbocycles. The van der Waals surface area contributed by atoms with Crippen LogP contribution in [0.5, 0.6) is 11.5 Å². The van der Waals surface area contributed by atoms with E-state index in [1.807, 2.05) is 43.3 Å². The van der Waals surface area contributed by atoms with Crippen molar-refractivity contribution in [1.82, 2.24) is 0 Å². The molecule has 128 valence electrons. The Kier molecular flexibility index (Phi) is 7.05. The van der Waals surface area contributed by atoms with E-state index in [2.05, 4.69) is 0 Å². The first-order valence-corrected chi connectivity index (χ1v) is 8.15. The van der Waals surface area contributed by atoms with Crippen molar-refractivity contribution in [1.29, 1.82) is 0 Å². The van der Waals surface area contributed by atoms with Crippen molar-refractivity contribution in [3.63, 3.8) is 0 Å². The molecule has 0 heterocycles. The third kappa shape index (κ3) is 6.32. The Labute approximate surface area is 152 Å². The molecule has 0 aromatic heterocycles. The van der Waals surface area contributed by atoms with E-state index in [0.717, 1.165) is 16.9 Å². The molecule has 0 aliphatic rings. The number of hydrogen-bond acceptors (Lipinski definition) is 3. The van der Waals surface area contributed by atoms with Gasteiger partial charge in [-0.1, -0.05) is 60.7 Å². The second-order valence-corrected chi connectivity index (χ2v) is 5.71. The van der Waals surface area contributed by atoms with E-state index in [0.29, 0.717) is 12.2 Å². The van der Waals surface area contributed by atoms with E-state index < -0.39 is 5.24 Å². The van der Waals surface area contributed by atoms with Crippen molar-refractivity contribution >= 4 is 16.8 Å². The molecule has 4 heteroatoms. The summed E-state index contributed by atoms with van der Waals surface area (Å²) in [6.07, 6.45) is 0. The summed E-state index contributed by atoms with van der Waals surface area (Å²) < 4.78 is 5.67. The molecular formula is C21H19ClO3. The minimum atomic E-state index is -0.407. The van der Waals surface area contributed by atoms with Crippen LogP contribution in [0.1, 0.15) is 21.5 Å². The van der Waals surface area contributed by atoms with Crippen LogP contribution in [-0.2, 0) is 6.61 Å². The van der Waals surface area contributed by atoms with Gasteiger partial charge in [-0.25, -0.2) is 0 Å². The average molecular weight is 355 g/mol. The molecule has 25 heavy (non-hydrogen) atoms. The monoisotopic (exact) mass is 354 g/mol. The molecule has 0 saturated carbocycles. The Morgan fingerprint density at radius 2 is 1.56 bits per heavy atom. The Morgan fingerprint density at radius 3 is 2.08 bits per heavy atom. The third-order valence-corrected chi connectivity index (χ3v) is 3.61. The van der Waals surface area contributed by atoms with Crippen LogP contribution in [0.15, 0.2) is 78.9 Å². The van der Waals surface area contributed by atoms with Crippen molar-refractivity contribution in [3.8, 4) is 11.5 Å². The Balaban J connectivity index is 0.000000212. The lowest BCUT2D eigenvalue weighted by Crippen LogP contribution is -1.96. The van der Waals surface area contributed by atoms with Crippen LogP contribution in [-0.4, -0.2) is 10.3 Å². The number of carbonyl (C=O) groups excluding carboxylic acids is 1. The molecule has 0 saturated heterocycles. The zero-order chi connectivity index (χ0) is 18.1. The second-order valence-electron chi connectivity index (χ2n) is 5.36. The number of halogens is 1. The van der Waals surface area contributed by atoms with Crippen LogP contribution in [0.2, 0.25) is 0 Å². The van der Waals surface area contributed by atoms with Gasteiger partial charge < -0.3 is 9.84 Å². The topological polar surface area (TPSA) is 46.5 Å². The maximum atomic E-state index is 10.4. The van der Waals surface area contributed by atoms with Crippen molar-refractivity contribution in [3.05, 3.63) is 95.6 Å². The zero-order valence-corrected chi connectivity index (χ0v) is 14.6. The van der Waals surface area contributed by atoms with Crippen LogP contribution < -0.4 is 4.74 Å². The highest BCUT2D eigenvalue weighted by Crippen LogP contribution is 2.23. The van der Waals surface area contributed by atoms with Gasteiger partial charge in [0.15, 0.2) is 0 Å². The fourth-order valence-corrected chi connectivity index (χ4v) is 2.23. The maximum absolute atomic E-state index is 10.4. The van der Waals surface area contributed by atoms with Gasteiger partial charge in [-0.05, 0) is 47.9 Å². The number of benzene rings is 3. The lowest BCUT2D eigenvalue weighted by Gasteiger charge is -2.09. The summed E-state index contributed by atoms with van der Waals surface area (Å²) >= 11 is 5.16. The van der Waals surface area contributed by atoms with Crippen LogP contribution in [0.3, 0.4) is 0 Å². The van der Waals surface area contributed by atoms with Crippen LogP contribution >= 0.6 is 11.6 Å². The minimum Gasteiger partial charge on any atom is -0.508 e. The molecule has 0 radical (unpaired) electrons. The summed E-state index contributed by atoms with van der Waals surface area (Å²) in [4.78, 5) is 10.4. The standard InChI is InChI=1S/C14H14O2.C7H5ClO/c1-11-9-13(15)7-8-14(11)16-10-12-5-3-2-4-6-12;8-7(9)6-4-2-1-3-5-6/h2-9,15H,10H2,1H3;1-5H. The summed E-state index contributed by atoms with van der Waals surface area (Å²) in [6, 6.07) is 23.9. The smallest absolute Gasteiger partial charge is 0.252 e. The van der Waals surface area contributed by atoms with Gasteiger partial charge in [0, 0.05) is 5.56 Å². The fraction of sp³-hybridized carbons (Fsp3) is 0.0952. The van der Waals surface area contributed by atoms with Crippen molar-refractivity contribution in [2.24, 2.45) is 0 Å². The first kappa shape index (κ1) is 18.6. The molecule has 0 unspecified atom stereocenters. The molecule has 0 amide bonds. The zero-order valence-electron chi connectivity index (χ0n) is 13.9. The summed E-state index contributed by atoms with van der Waals surface area (Å²) in [6.45, 7) is 2.46. The molecule has 0 fully saturated rings. The van der Waals surface area contributed by atoms with Gasteiger partial charge in [0.1, 0.15) is 18.1 Å². The van der Waals surface area contributed by atoms with Gasteiger partial charge in [0.2, 0.25) is 0 Å². The Bertz CT molecular complexity index is 802. The number of aryl methyl sites for hydroxylation is 1. The SMILES string of the molecule is Cc1cc(O)ccc1OCc1ccccc1.O=C(Cl)c1ccccc1. The normalized spacial score (nSPS) is 9.68. The largest absolute Gasteiger partial charge is 0.508 e. The average Bonchev–Trinajstić information content (AvgIpc) is 2.63. The summed E-state index contributed by atoms with van der Waals surface area (Å²) in [5, 5.41) is 8.86. The highest BCUT2D eigenvalue weighted by atomic mass is 35.5. The first-order chi connectivity index (χ1) is 12.1. The van der Waals surface area contributed by atoms with Crippen LogP contribution in [0, 0.1) is 6.92 Å². The van der Waals surface area contributed by atoms with Gasteiger partial charge in [0.25, 0.3) is 5.24 Å². The van der Waals surface area contributed by atoms with Crippen molar-refractivity contribution in [2.45, 2.75) is 13.5 Å². The number of carbonyl (C=O) groups is 1. The van der Waals surface area contributed by atoms with E-state index in [4.69, 9.17) is 16.3 Å². The van der Waals surface area contributed by atoms with E-state index in [9.17, 15) is 9.90 Å². The molecule has 3 rings (SSSR count). The number of phenolic OH excluding ortho intramolecular Hbond substituents is 1. The van der Waals surface area contributed by atoms with E-state index in [1.165, 1.54) is 0 Å². The van der Waals surface area contributed by atoms with E-state index >= 15 is 0 Å². The highest BCUT2D eigenvalue weighted by Gasteiger charge is 2.00. The predicted molar refractivity (Wildman–Crippen MR) is 100 cm³/mol. The minimum absolute atomic E-state index is 0.268. The first-order valence-electron chi connectivity index (χ1n) is 7.77. The second kappa shape index (κ2) is 9.50. The molecule has 1 N–H and O–H groups in total. The van der Waals surface area contributed by atoms with E-state index in [1.54, 1.807) is 42.5 Å². The van der Waals surface area contributed by atoms with Gasteiger partial charge in [0.05, 0.1) is 0 Å². The number of aromatic hydroxyl groups is 1. The molecular weight excluding hydrogens is 336 g/mol. The number of rotatable bonds is 4. The van der Waals surface area contributed by atoms with Crippen molar-refractivity contribution < 1.29 is 14.6 Å². The third-order valence-electron chi connectivity index (χ3n) is 3.40. The van der Waals surface area contributed by atoms with Crippen LogP contribution in [0.25, 0.3) is 0 Å². The van der Waals surface area contributed by atoms with E-state index in [-0.39, 0.29) is 5.75 Å². The molecule has 3 aromatic carbocycles. The van der Waals surface area contributed by atoms with Gasteiger partial charge in [-0.3, -0.25) is 4.79 Å². The van der Waals surface area contributed by atoms with Gasteiger partial charge >= 0.3 is 0 Å². The number of ether oxygens (including phenoxy) is 1. The predicted octanol–water partition coefficient (Wildman–Crippen LogP) is 5.35. The summed E-state index contributed by atoms with van der Waals surface area (Å²) in [5.41, 5.74) is 2.62. The van der Waals surface area contributed by atoms with Crippen molar-refractivity contribution in [2.75, 3.05) is 0 Å². The summed E-state index contributed by atoms with van der Waals surface area (Å²) in [7, 11) is 0. The molecule has 0 atom stereocenters. The number of hydrogen-bond donors (Lipinski definition) is 1. The highest BCUT2D eigenvalue weighted by molar-refractivity contribution is 6.67. The lowest BCUT2D eigenvalue weighted by molar-refractivity contribution is 0.108. The molecule has 0 aliphatic heterocycles. The Morgan fingerprint density at radius 1 is 0.960 bits per heavy atom. The maximum Gasteiger partial charge on any atom is 0.252 e. The van der Waals surface area contributed by atoms with Gasteiger partial charge in [-0.2, -0.15) is 0 Å². The lowest BCUT2D eigenvalue weighted by atomic mass is 10.2. The van der Waals surface area contributed by atoms with Gasteiger partial charge in [-0.15, -0.1) is 0 Å².